The van der Waals surface area contributed by atoms with Gasteiger partial charge in [0.05, 0.1) is 15.2 Å². The van der Waals surface area contributed by atoms with Crippen LogP contribution in [0.15, 0.2) is 42.5 Å². The largest absolute Gasteiger partial charge is 0.241 e. The van der Waals surface area contributed by atoms with Crippen molar-refractivity contribution in [2.45, 2.75) is 13.3 Å². The highest BCUT2D eigenvalue weighted by molar-refractivity contribution is 7.18. The summed E-state index contributed by atoms with van der Waals surface area (Å²) in [4.78, 5) is 4.72. The number of aryl methyl sites for hydroxylation is 1. The van der Waals surface area contributed by atoms with Gasteiger partial charge in [-0.05, 0) is 36.2 Å². The highest BCUT2D eigenvalue weighted by atomic mass is 35.5. The van der Waals surface area contributed by atoms with Crippen LogP contribution in [0.2, 0.25) is 5.02 Å². The number of nitrogens with zero attached hydrogens (tertiary/aromatic N) is 1. The molecule has 0 saturated heterocycles. The van der Waals surface area contributed by atoms with Crippen molar-refractivity contribution in [1.82, 2.24) is 4.98 Å². The standard InChI is InChI=1S/C15H12ClNS/c1-10-3-2-4-13-15(10)17-14(18-13)9-11-5-7-12(16)8-6-11/h2-8H,9H2,1H3. The summed E-state index contributed by atoms with van der Waals surface area (Å²) in [6, 6.07) is 14.3. The molecule has 0 aliphatic heterocycles. The Bertz CT molecular complexity index is 685. The molecule has 1 nitrogen and oxygen atoms in total. The van der Waals surface area contributed by atoms with Crippen LogP contribution in [-0.2, 0) is 6.42 Å². The Labute approximate surface area is 115 Å². The molecule has 1 aromatic heterocycles. The fraction of sp³-hybridized carbons (Fsp3) is 0.133. The minimum absolute atomic E-state index is 0.777. The van der Waals surface area contributed by atoms with Gasteiger partial charge in [0, 0.05) is 11.4 Å². The van der Waals surface area contributed by atoms with E-state index in [9.17, 15) is 0 Å². The first kappa shape index (κ1) is 11.7. The lowest BCUT2D eigenvalue weighted by atomic mass is 10.1. The highest BCUT2D eigenvalue weighted by Gasteiger charge is 2.06. The molecule has 18 heavy (non-hydrogen) atoms. The van der Waals surface area contributed by atoms with E-state index >= 15 is 0 Å². The van der Waals surface area contributed by atoms with Gasteiger partial charge >= 0.3 is 0 Å². The van der Waals surface area contributed by atoms with Gasteiger partial charge in [0.1, 0.15) is 0 Å². The lowest BCUT2D eigenvalue weighted by Gasteiger charge is -1.97. The molecule has 0 fully saturated rings. The van der Waals surface area contributed by atoms with Crippen molar-refractivity contribution in [1.29, 1.82) is 0 Å². The smallest absolute Gasteiger partial charge is 0.0982 e. The molecule has 0 unspecified atom stereocenters. The lowest BCUT2D eigenvalue weighted by Crippen LogP contribution is -1.86. The van der Waals surface area contributed by atoms with Crippen molar-refractivity contribution in [3.8, 4) is 0 Å². The van der Waals surface area contributed by atoms with E-state index in [1.54, 1.807) is 11.3 Å². The number of hydrogen-bond donors (Lipinski definition) is 0. The summed E-state index contributed by atoms with van der Waals surface area (Å²) in [6.07, 6.45) is 0.871. The molecule has 3 rings (SSSR count). The van der Waals surface area contributed by atoms with Crippen LogP contribution in [0.3, 0.4) is 0 Å². The van der Waals surface area contributed by atoms with Crippen molar-refractivity contribution in [2.24, 2.45) is 0 Å². The number of para-hydroxylation sites is 1. The number of fused-ring (bicyclic) bond motifs is 1. The fourth-order valence-electron chi connectivity index (χ4n) is 1.98. The monoisotopic (exact) mass is 273 g/mol. The van der Waals surface area contributed by atoms with Gasteiger partial charge in [0.25, 0.3) is 0 Å². The summed E-state index contributed by atoms with van der Waals surface area (Å²) in [5.41, 5.74) is 3.62. The Balaban J connectivity index is 1.95. The van der Waals surface area contributed by atoms with Crippen LogP contribution in [0.4, 0.5) is 0 Å². The van der Waals surface area contributed by atoms with Crippen LogP contribution in [-0.4, -0.2) is 4.98 Å². The predicted octanol–water partition coefficient (Wildman–Crippen LogP) is 4.85. The molecule has 1 heterocycles. The molecular formula is C15H12ClNS. The van der Waals surface area contributed by atoms with Crippen molar-refractivity contribution >= 4 is 33.2 Å². The maximum atomic E-state index is 5.89. The number of rotatable bonds is 2. The molecule has 3 aromatic rings. The number of aromatic nitrogens is 1. The van der Waals surface area contributed by atoms with E-state index < -0.39 is 0 Å². The van der Waals surface area contributed by atoms with Gasteiger partial charge in [-0.1, -0.05) is 35.9 Å². The Kier molecular flexibility index (Phi) is 3.06. The quantitative estimate of drug-likeness (QED) is 0.650. The summed E-state index contributed by atoms with van der Waals surface area (Å²) in [5, 5.41) is 1.93. The van der Waals surface area contributed by atoms with E-state index in [2.05, 4.69) is 37.3 Å². The zero-order valence-corrected chi connectivity index (χ0v) is 11.6. The van der Waals surface area contributed by atoms with Crippen molar-refractivity contribution in [3.05, 3.63) is 63.6 Å². The molecule has 0 amide bonds. The molecule has 2 aromatic carbocycles. The molecule has 3 heteroatoms. The zero-order chi connectivity index (χ0) is 12.5. The minimum Gasteiger partial charge on any atom is -0.241 e. The van der Waals surface area contributed by atoms with Gasteiger partial charge in [0.2, 0.25) is 0 Å². The van der Waals surface area contributed by atoms with E-state index in [4.69, 9.17) is 16.6 Å². The van der Waals surface area contributed by atoms with Gasteiger partial charge in [0.15, 0.2) is 0 Å². The molecule has 90 valence electrons. The highest BCUT2D eigenvalue weighted by Crippen LogP contribution is 2.26. The summed E-state index contributed by atoms with van der Waals surface area (Å²) in [6.45, 7) is 2.11. The summed E-state index contributed by atoms with van der Waals surface area (Å²) in [7, 11) is 0. The Morgan fingerprint density at radius 1 is 1.11 bits per heavy atom. The van der Waals surface area contributed by atoms with Gasteiger partial charge in [-0.3, -0.25) is 0 Å². The number of hydrogen-bond acceptors (Lipinski definition) is 2. The molecule has 0 saturated carbocycles. The third-order valence-electron chi connectivity index (χ3n) is 2.93. The Morgan fingerprint density at radius 2 is 1.89 bits per heavy atom. The fourth-order valence-corrected chi connectivity index (χ4v) is 3.19. The topological polar surface area (TPSA) is 12.9 Å². The van der Waals surface area contributed by atoms with Gasteiger partial charge in [-0.15, -0.1) is 11.3 Å². The van der Waals surface area contributed by atoms with Gasteiger partial charge in [-0.2, -0.15) is 0 Å². The zero-order valence-electron chi connectivity index (χ0n) is 9.98. The van der Waals surface area contributed by atoms with Crippen LogP contribution in [0.25, 0.3) is 10.2 Å². The van der Waals surface area contributed by atoms with E-state index in [-0.39, 0.29) is 0 Å². The maximum Gasteiger partial charge on any atom is 0.0982 e. The van der Waals surface area contributed by atoms with Crippen LogP contribution in [0, 0.1) is 6.92 Å². The first-order chi connectivity index (χ1) is 8.72. The van der Waals surface area contributed by atoms with Crippen molar-refractivity contribution in [2.75, 3.05) is 0 Å². The van der Waals surface area contributed by atoms with Crippen LogP contribution in [0.1, 0.15) is 16.1 Å². The molecule has 0 atom stereocenters. The molecule has 0 spiro atoms. The first-order valence-electron chi connectivity index (χ1n) is 5.82. The normalized spacial score (nSPS) is 11.0. The third-order valence-corrected chi connectivity index (χ3v) is 4.21. The summed E-state index contributed by atoms with van der Waals surface area (Å²) >= 11 is 7.65. The second kappa shape index (κ2) is 4.71. The van der Waals surface area contributed by atoms with E-state index in [0.717, 1.165) is 22.0 Å². The molecule has 0 aliphatic rings. The maximum absolute atomic E-state index is 5.89. The molecule has 0 aliphatic carbocycles. The van der Waals surface area contributed by atoms with Crippen molar-refractivity contribution in [3.63, 3.8) is 0 Å². The molecule has 0 bridgehead atoms. The SMILES string of the molecule is Cc1cccc2sc(Cc3ccc(Cl)cc3)nc12. The van der Waals surface area contributed by atoms with E-state index in [1.165, 1.54) is 15.8 Å². The average molecular weight is 274 g/mol. The second-order valence-corrected chi connectivity index (χ2v) is 5.88. The minimum atomic E-state index is 0.777. The number of thiazole rings is 1. The number of benzene rings is 2. The van der Waals surface area contributed by atoms with Crippen molar-refractivity contribution < 1.29 is 0 Å². The Morgan fingerprint density at radius 3 is 2.61 bits per heavy atom. The van der Waals surface area contributed by atoms with Gasteiger partial charge < -0.3 is 0 Å². The summed E-state index contributed by atoms with van der Waals surface area (Å²) < 4.78 is 1.26. The predicted molar refractivity (Wildman–Crippen MR) is 78.6 cm³/mol. The van der Waals surface area contributed by atoms with Crippen LogP contribution < -0.4 is 0 Å². The molecule has 0 radical (unpaired) electrons. The second-order valence-electron chi connectivity index (χ2n) is 4.33. The lowest BCUT2D eigenvalue weighted by molar-refractivity contribution is 1.15. The van der Waals surface area contributed by atoms with Crippen LogP contribution >= 0.6 is 22.9 Å². The van der Waals surface area contributed by atoms with E-state index in [1.807, 2.05) is 12.1 Å². The Hall–Kier alpha value is -1.38. The summed E-state index contributed by atoms with van der Waals surface area (Å²) in [5.74, 6) is 0. The first-order valence-corrected chi connectivity index (χ1v) is 7.01. The molecule has 0 N–H and O–H groups in total. The average Bonchev–Trinajstić information content (AvgIpc) is 2.76. The van der Waals surface area contributed by atoms with Gasteiger partial charge in [-0.25, -0.2) is 4.98 Å². The van der Waals surface area contributed by atoms with Crippen LogP contribution in [0.5, 0.6) is 0 Å². The molecular weight excluding hydrogens is 262 g/mol. The van der Waals surface area contributed by atoms with E-state index in [0.29, 0.717) is 0 Å². The third kappa shape index (κ3) is 2.26. The number of halogens is 1.